The second kappa shape index (κ2) is 5.61. The maximum Gasteiger partial charge on any atom is 0.122 e. The Bertz CT molecular complexity index is 659. The number of benzene rings is 1. The zero-order valence-corrected chi connectivity index (χ0v) is 11.3. The molecule has 0 saturated heterocycles. The van der Waals surface area contributed by atoms with Gasteiger partial charge in [-0.2, -0.15) is 0 Å². The molecule has 102 valence electrons. The molecule has 0 unspecified atom stereocenters. The van der Waals surface area contributed by atoms with Crippen molar-refractivity contribution in [2.75, 3.05) is 7.11 Å². The van der Waals surface area contributed by atoms with E-state index >= 15 is 0 Å². The lowest BCUT2D eigenvalue weighted by molar-refractivity contribution is 0.409. The van der Waals surface area contributed by atoms with Crippen LogP contribution in [-0.4, -0.2) is 27.0 Å². The van der Waals surface area contributed by atoms with Crippen molar-refractivity contribution >= 4 is 0 Å². The van der Waals surface area contributed by atoms with Crippen LogP contribution in [0.2, 0.25) is 0 Å². The minimum absolute atomic E-state index is 0.715. The van der Waals surface area contributed by atoms with E-state index in [4.69, 9.17) is 4.74 Å². The molecule has 2 aromatic heterocycles. The first kappa shape index (κ1) is 12.5. The topological polar surface area (TPSA) is 66.6 Å². The molecule has 3 rings (SSSR count). The Morgan fingerprint density at radius 1 is 1.00 bits per heavy atom. The van der Waals surface area contributed by atoms with Gasteiger partial charge < -0.3 is 14.7 Å². The molecule has 0 amide bonds. The fourth-order valence-corrected chi connectivity index (χ4v) is 2.31. The van der Waals surface area contributed by atoms with Crippen LogP contribution < -0.4 is 4.74 Å². The van der Waals surface area contributed by atoms with Gasteiger partial charge >= 0.3 is 0 Å². The van der Waals surface area contributed by atoms with E-state index < -0.39 is 0 Å². The van der Waals surface area contributed by atoms with E-state index in [-0.39, 0.29) is 0 Å². The van der Waals surface area contributed by atoms with Crippen LogP contribution in [-0.2, 0) is 12.8 Å². The predicted molar refractivity (Wildman–Crippen MR) is 75.8 cm³/mol. The molecule has 0 saturated carbocycles. The van der Waals surface area contributed by atoms with Crippen LogP contribution >= 0.6 is 0 Å². The van der Waals surface area contributed by atoms with Gasteiger partial charge in [-0.25, -0.2) is 9.97 Å². The third-order valence-electron chi connectivity index (χ3n) is 3.26. The lowest BCUT2D eigenvalue weighted by atomic mass is 10.00. The summed E-state index contributed by atoms with van der Waals surface area (Å²) in [4.78, 5) is 14.8. The maximum absolute atomic E-state index is 5.48. The second-order valence-corrected chi connectivity index (χ2v) is 4.52. The number of rotatable bonds is 5. The molecule has 2 heterocycles. The van der Waals surface area contributed by atoms with Crippen molar-refractivity contribution in [3.63, 3.8) is 0 Å². The summed E-state index contributed by atoms with van der Waals surface area (Å²) >= 11 is 0. The summed E-state index contributed by atoms with van der Waals surface area (Å²) in [5.74, 6) is 2.75. The van der Waals surface area contributed by atoms with Gasteiger partial charge in [0.15, 0.2) is 0 Å². The minimum Gasteiger partial charge on any atom is -0.496 e. The first-order valence-electron chi connectivity index (χ1n) is 6.48. The number of imidazole rings is 2. The highest BCUT2D eigenvalue weighted by Gasteiger charge is 2.12. The smallest absolute Gasteiger partial charge is 0.122 e. The summed E-state index contributed by atoms with van der Waals surface area (Å²) < 4.78 is 5.48. The molecule has 0 aliphatic heterocycles. The molecule has 0 fully saturated rings. The molecule has 0 aliphatic carbocycles. The average molecular weight is 268 g/mol. The Hall–Kier alpha value is -2.56. The third kappa shape index (κ3) is 2.56. The molecule has 5 heteroatoms. The van der Waals surface area contributed by atoms with Crippen LogP contribution in [0.3, 0.4) is 0 Å². The Morgan fingerprint density at radius 3 is 2.30 bits per heavy atom. The van der Waals surface area contributed by atoms with Crippen molar-refractivity contribution in [3.05, 3.63) is 65.8 Å². The number of H-pyrrole nitrogens is 2. The largest absolute Gasteiger partial charge is 0.496 e. The summed E-state index contributed by atoms with van der Waals surface area (Å²) in [6.07, 6.45) is 8.66. The Morgan fingerprint density at radius 2 is 1.70 bits per heavy atom. The highest BCUT2D eigenvalue weighted by Crippen LogP contribution is 2.25. The van der Waals surface area contributed by atoms with Gasteiger partial charge in [0, 0.05) is 43.2 Å². The lowest BCUT2D eigenvalue weighted by Gasteiger charge is -2.12. The third-order valence-corrected chi connectivity index (χ3v) is 3.26. The minimum atomic E-state index is 0.715. The number of methoxy groups -OCH3 is 1. The SMILES string of the molecule is COc1cccc(Cc2ncc[nH]2)c1Cc1ncc[nH]1. The van der Waals surface area contributed by atoms with Crippen molar-refractivity contribution < 1.29 is 4.74 Å². The number of aromatic nitrogens is 4. The van der Waals surface area contributed by atoms with Crippen LogP contribution in [0, 0.1) is 0 Å². The number of aromatic amines is 2. The normalized spacial score (nSPS) is 10.7. The molecular formula is C15H16N4O. The van der Waals surface area contributed by atoms with E-state index in [0.717, 1.165) is 29.4 Å². The quantitative estimate of drug-likeness (QED) is 0.746. The van der Waals surface area contributed by atoms with Gasteiger partial charge in [-0.1, -0.05) is 12.1 Å². The Kier molecular flexibility index (Phi) is 3.50. The molecule has 0 radical (unpaired) electrons. The van der Waals surface area contributed by atoms with Gasteiger partial charge in [0.2, 0.25) is 0 Å². The first-order valence-corrected chi connectivity index (χ1v) is 6.48. The van der Waals surface area contributed by atoms with Crippen molar-refractivity contribution in [1.82, 2.24) is 19.9 Å². The van der Waals surface area contributed by atoms with Crippen LogP contribution in [0.25, 0.3) is 0 Å². The molecule has 1 aromatic carbocycles. The van der Waals surface area contributed by atoms with Gasteiger partial charge in [0.25, 0.3) is 0 Å². The summed E-state index contributed by atoms with van der Waals surface area (Å²) in [6, 6.07) is 6.08. The fraction of sp³-hybridized carbons (Fsp3) is 0.200. The zero-order valence-electron chi connectivity index (χ0n) is 11.3. The number of ether oxygens (including phenoxy) is 1. The number of nitrogens with one attached hydrogen (secondary N) is 2. The number of hydrogen-bond donors (Lipinski definition) is 2. The molecular weight excluding hydrogens is 252 g/mol. The zero-order chi connectivity index (χ0) is 13.8. The highest BCUT2D eigenvalue weighted by molar-refractivity contribution is 5.43. The van der Waals surface area contributed by atoms with E-state index in [1.165, 1.54) is 5.56 Å². The summed E-state index contributed by atoms with van der Waals surface area (Å²) in [7, 11) is 1.69. The Balaban J connectivity index is 1.95. The highest BCUT2D eigenvalue weighted by atomic mass is 16.5. The van der Waals surface area contributed by atoms with Gasteiger partial charge in [-0.3, -0.25) is 0 Å². The van der Waals surface area contributed by atoms with E-state index in [1.54, 1.807) is 19.5 Å². The van der Waals surface area contributed by atoms with E-state index in [1.807, 2.05) is 24.5 Å². The number of hydrogen-bond acceptors (Lipinski definition) is 3. The lowest BCUT2D eigenvalue weighted by Crippen LogP contribution is -2.02. The molecule has 3 aromatic rings. The second-order valence-electron chi connectivity index (χ2n) is 4.52. The first-order chi connectivity index (χ1) is 9.86. The fourth-order valence-electron chi connectivity index (χ4n) is 2.31. The maximum atomic E-state index is 5.48. The van der Waals surface area contributed by atoms with Gasteiger partial charge in [0.1, 0.15) is 17.4 Å². The summed E-state index contributed by atoms with van der Waals surface area (Å²) in [5, 5.41) is 0. The van der Waals surface area contributed by atoms with E-state index in [0.29, 0.717) is 6.42 Å². The van der Waals surface area contributed by atoms with Crippen molar-refractivity contribution in [2.24, 2.45) is 0 Å². The van der Waals surface area contributed by atoms with Crippen LogP contribution in [0.15, 0.2) is 43.0 Å². The van der Waals surface area contributed by atoms with Gasteiger partial charge in [-0.05, 0) is 11.6 Å². The van der Waals surface area contributed by atoms with Gasteiger partial charge in [0.05, 0.1) is 7.11 Å². The summed E-state index contributed by atoms with van der Waals surface area (Å²) in [5.41, 5.74) is 2.33. The molecule has 0 atom stereocenters. The van der Waals surface area contributed by atoms with Gasteiger partial charge in [-0.15, -0.1) is 0 Å². The van der Waals surface area contributed by atoms with E-state index in [2.05, 4.69) is 26.0 Å². The molecule has 0 aliphatic rings. The standard InChI is InChI=1S/C15H16N4O/c1-20-13-4-2-3-11(9-14-16-5-6-17-14)12(13)10-15-18-7-8-19-15/h2-8H,9-10H2,1H3,(H,16,17)(H,18,19). The molecule has 5 nitrogen and oxygen atoms in total. The van der Waals surface area contributed by atoms with Crippen molar-refractivity contribution in [2.45, 2.75) is 12.8 Å². The van der Waals surface area contributed by atoms with Crippen LogP contribution in [0.4, 0.5) is 0 Å². The molecule has 0 bridgehead atoms. The van der Waals surface area contributed by atoms with Crippen LogP contribution in [0.1, 0.15) is 22.8 Å². The summed E-state index contributed by atoms with van der Waals surface area (Å²) in [6.45, 7) is 0. The van der Waals surface area contributed by atoms with Crippen molar-refractivity contribution in [3.8, 4) is 5.75 Å². The molecule has 2 N–H and O–H groups in total. The Labute approximate surface area is 117 Å². The average Bonchev–Trinajstić information content (AvgIpc) is 3.14. The van der Waals surface area contributed by atoms with Crippen LogP contribution in [0.5, 0.6) is 5.75 Å². The molecule has 0 spiro atoms. The van der Waals surface area contributed by atoms with E-state index in [9.17, 15) is 0 Å². The predicted octanol–water partition coefficient (Wildman–Crippen LogP) is 2.32. The number of nitrogens with zero attached hydrogens (tertiary/aromatic N) is 2. The monoisotopic (exact) mass is 268 g/mol. The van der Waals surface area contributed by atoms with Crippen molar-refractivity contribution in [1.29, 1.82) is 0 Å². The molecule has 20 heavy (non-hydrogen) atoms.